The molecule has 1 aromatic carbocycles. The number of rotatable bonds is 5. The quantitative estimate of drug-likeness (QED) is 0.336. The molecule has 0 spiro atoms. The van der Waals surface area contributed by atoms with E-state index in [1.165, 1.54) is 0 Å². The third-order valence-electron chi connectivity index (χ3n) is 2.82. The molecule has 21 heavy (non-hydrogen) atoms. The molecular weight excluding hydrogens is 290 g/mol. The van der Waals surface area contributed by atoms with E-state index in [1.54, 1.807) is 24.3 Å². The third kappa shape index (κ3) is 3.76. The van der Waals surface area contributed by atoms with Crippen LogP contribution in [0.5, 0.6) is 0 Å². The summed E-state index contributed by atoms with van der Waals surface area (Å²) >= 11 is 1.08. The maximum atomic E-state index is 12.1. The summed E-state index contributed by atoms with van der Waals surface area (Å²) in [6.45, 7) is 1.93. The van der Waals surface area contributed by atoms with Gasteiger partial charge in [-0.25, -0.2) is 0 Å². The van der Waals surface area contributed by atoms with Crippen LogP contribution in [0.3, 0.4) is 0 Å². The summed E-state index contributed by atoms with van der Waals surface area (Å²) in [5.74, 6) is -0.0823. The average molecular weight is 305 g/mol. The number of amides is 1. The predicted octanol–water partition coefficient (Wildman–Crippen LogP) is 1.64. The molecule has 110 valence electrons. The number of anilines is 1. The monoisotopic (exact) mass is 305 g/mol. The van der Waals surface area contributed by atoms with Crippen LogP contribution >= 0.6 is 11.5 Å². The van der Waals surface area contributed by atoms with Crippen LogP contribution in [0.4, 0.5) is 5.69 Å². The van der Waals surface area contributed by atoms with Crippen LogP contribution in [0.1, 0.15) is 27.9 Å². The third-order valence-corrected chi connectivity index (χ3v) is 3.59. The van der Waals surface area contributed by atoms with Crippen molar-refractivity contribution in [1.29, 1.82) is 0 Å². The SMILES string of the molecule is CCc1nnsc1C(=O)Nc1ccc(CC(N)=NO)cc1. The summed E-state index contributed by atoms with van der Waals surface area (Å²) in [6.07, 6.45) is 1.02. The second-order valence-electron chi connectivity index (χ2n) is 4.32. The first-order valence-electron chi connectivity index (χ1n) is 6.32. The molecule has 0 aliphatic heterocycles. The number of nitrogens with zero attached hydrogens (tertiary/aromatic N) is 3. The first kappa shape index (κ1) is 14.9. The molecule has 0 radical (unpaired) electrons. The van der Waals surface area contributed by atoms with Crippen LogP contribution in [-0.2, 0) is 12.8 Å². The first-order valence-corrected chi connectivity index (χ1v) is 7.09. The number of aryl methyl sites for hydroxylation is 1. The van der Waals surface area contributed by atoms with Crippen LogP contribution < -0.4 is 11.1 Å². The molecule has 7 nitrogen and oxygen atoms in total. The van der Waals surface area contributed by atoms with Gasteiger partial charge in [0, 0.05) is 12.1 Å². The standard InChI is InChI=1S/C13H15N5O2S/c1-2-10-12(21-18-16-10)13(19)15-9-5-3-8(4-6-9)7-11(14)17-20/h3-6,20H,2,7H2,1H3,(H2,14,17)(H,15,19). The highest BCUT2D eigenvalue weighted by atomic mass is 32.1. The molecule has 0 fully saturated rings. The van der Waals surface area contributed by atoms with E-state index in [0.29, 0.717) is 29.1 Å². The van der Waals surface area contributed by atoms with Gasteiger partial charge >= 0.3 is 0 Å². The maximum absolute atomic E-state index is 12.1. The van der Waals surface area contributed by atoms with E-state index in [-0.39, 0.29) is 11.7 Å². The number of amidine groups is 1. The Hall–Kier alpha value is -2.48. The van der Waals surface area contributed by atoms with E-state index < -0.39 is 0 Å². The molecule has 1 aromatic heterocycles. The fourth-order valence-electron chi connectivity index (χ4n) is 1.75. The summed E-state index contributed by atoms with van der Waals surface area (Å²) in [4.78, 5) is 12.6. The maximum Gasteiger partial charge on any atom is 0.269 e. The first-order chi connectivity index (χ1) is 10.1. The Kier molecular flexibility index (Phi) is 4.83. The lowest BCUT2D eigenvalue weighted by Crippen LogP contribution is -2.15. The second-order valence-corrected chi connectivity index (χ2v) is 5.08. The van der Waals surface area contributed by atoms with E-state index in [2.05, 4.69) is 20.1 Å². The Balaban J connectivity index is 2.05. The van der Waals surface area contributed by atoms with Crippen LogP contribution in [0.25, 0.3) is 0 Å². The highest BCUT2D eigenvalue weighted by Crippen LogP contribution is 2.15. The Morgan fingerprint density at radius 1 is 1.43 bits per heavy atom. The molecule has 0 saturated carbocycles. The Morgan fingerprint density at radius 2 is 2.14 bits per heavy atom. The van der Waals surface area contributed by atoms with Crippen molar-refractivity contribution in [1.82, 2.24) is 9.59 Å². The fraction of sp³-hybridized carbons (Fsp3) is 0.231. The second kappa shape index (κ2) is 6.80. The highest BCUT2D eigenvalue weighted by molar-refractivity contribution is 7.08. The van der Waals surface area contributed by atoms with Gasteiger partial charge in [0.05, 0.1) is 5.69 Å². The molecule has 1 heterocycles. The number of carbonyl (C=O) groups is 1. The Labute approximate surface area is 125 Å². The summed E-state index contributed by atoms with van der Waals surface area (Å²) in [5.41, 5.74) is 7.68. The predicted molar refractivity (Wildman–Crippen MR) is 80.8 cm³/mol. The van der Waals surface area contributed by atoms with Crippen molar-refractivity contribution >= 4 is 29.0 Å². The molecule has 0 bridgehead atoms. The van der Waals surface area contributed by atoms with Gasteiger partial charge in [0.1, 0.15) is 10.7 Å². The van der Waals surface area contributed by atoms with Gasteiger partial charge in [0.15, 0.2) is 0 Å². The van der Waals surface area contributed by atoms with Crippen molar-refractivity contribution in [2.45, 2.75) is 19.8 Å². The normalized spacial score (nSPS) is 11.4. The minimum atomic E-state index is -0.217. The lowest BCUT2D eigenvalue weighted by molar-refractivity contribution is 0.102. The molecule has 8 heteroatoms. The van der Waals surface area contributed by atoms with Crippen LogP contribution in [0.15, 0.2) is 29.4 Å². The molecule has 2 aromatic rings. The van der Waals surface area contributed by atoms with Crippen molar-refractivity contribution in [2.24, 2.45) is 10.9 Å². The molecule has 4 N–H and O–H groups in total. The molecule has 0 aliphatic carbocycles. The van der Waals surface area contributed by atoms with Crippen molar-refractivity contribution in [3.63, 3.8) is 0 Å². The topological polar surface area (TPSA) is 113 Å². The van der Waals surface area contributed by atoms with Crippen molar-refractivity contribution < 1.29 is 10.0 Å². The Morgan fingerprint density at radius 3 is 2.76 bits per heavy atom. The van der Waals surface area contributed by atoms with Gasteiger partial charge in [-0.15, -0.1) is 5.10 Å². The zero-order valence-electron chi connectivity index (χ0n) is 11.4. The molecule has 0 atom stereocenters. The lowest BCUT2D eigenvalue weighted by Gasteiger charge is -2.05. The number of carbonyl (C=O) groups excluding carboxylic acids is 1. The summed E-state index contributed by atoms with van der Waals surface area (Å²) in [6, 6.07) is 7.13. The van der Waals surface area contributed by atoms with Crippen molar-refractivity contribution in [2.75, 3.05) is 5.32 Å². The van der Waals surface area contributed by atoms with Crippen molar-refractivity contribution in [3.05, 3.63) is 40.4 Å². The number of nitrogens with one attached hydrogen (secondary N) is 1. The highest BCUT2D eigenvalue weighted by Gasteiger charge is 2.14. The van der Waals surface area contributed by atoms with Crippen LogP contribution in [-0.4, -0.2) is 26.5 Å². The van der Waals surface area contributed by atoms with Gasteiger partial charge < -0.3 is 16.3 Å². The van der Waals surface area contributed by atoms with Gasteiger partial charge in [-0.3, -0.25) is 4.79 Å². The van der Waals surface area contributed by atoms with Gasteiger partial charge in [-0.2, -0.15) is 0 Å². The van der Waals surface area contributed by atoms with E-state index in [9.17, 15) is 4.79 Å². The lowest BCUT2D eigenvalue weighted by atomic mass is 10.1. The van der Waals surface area contributed by atoms with E-state index in [4.69, 9.17) is 10.9 Å². The number of aromatic nitrogens is 2. The number of benzene rings is 1. The van der Waals surface area contributed by atoms with Gasteiger partial charge in [-0.1, -0.05) is 28.7 Å². The number of oxime groups is 1. The Bertz CT molecular complexity index is 651. The molecule has 0 aliphatic rings. The van der Waals surface area contributed by atoms with Crippen LogP contribution in [0, 0.1) is 0 Å². The zero-order chi connectivity index (χ0) is 15.2. The molecule has 1 amide bonds. The fourth-order valence-corrected chi connectivity index (χ4v) is 2.40. The molecular formula is C13H15N5O2S. The van der Waals surface area contributed by atoms with Gasteiger partial charge in [0.25, 0.3) is 5.91 Å². The minimum absolute atomic E-state index is 0.134. The molecule has 0 unspecified atom stereocenters. The van der Waals surface area contributed by atoms with Crippen molar-refractivity contribution in [3.8, 4) is 0 Å². The minimum Gasteiger partial charge on any atom is -0.409 e. The van der Waals surface area contributed by atoms with E-state index >= 15 is 0 Å². The molecule has 2 rings (SSSR count). The summed E-state index contributed by atoms with van der Waals surface area (Å²) < 4.78 is 3.79. The summed E-state index contributed by atoms with van der Waals surface area (Å²) in [5, 5.41) is 18.1. The number of nitrogens with two attached hydrogens (primary N) is 1. The number of hydrogen-bond donors (Lipinski definition) is 3. The van der Waals surface area contributed by atoms with Crippen LogP contribution in [0.2, 0.25) is 0 Å². The van der Waals surface area contributed by atoms with Gasteiger partial charge in [-0.05, 0) is 35.6 Å². The zero-order valence-corrected chi connectivity index (χ0v) is 12.2. The summed E-state index contributed by atoms with van der Waals surface area (Å²) in [7, 11) is 0. The van der Waals surface area contributed by atoms with E-state index in [1.807, 2.05) is 6.92 Å². The van der Waals surface area contributed by atoms with E-state index in [0.717, 1.165) is 17.1 Å². The number of hydrogen-bond acceptors (Lipinski definition) is 6. The largest absolute Gasteiger partial charge is 0.409 e. The van der Waals surface area contributed by atoms with Gasteiger partial charge in [0.2, 0.25) is 0 Å². The average Bonchev–Trinajstić information content (AvgIpc) is 2.97. The molecule has 0 saturated heterocycles. The smallest absolute Gasteiger partial charge is 0.269 e.